The molecule has 0 aromatic carbocycles. The summed E-state index contributed by atoms with van der Waals surface area (Å²) in [4.78, 5) is 45.4. The van der Waals surface area contributed by atoms with Crippen LogP contribution in [-0.2, 0) is 33.6 Å². The van der Waals surface area contributed by atoms with Crippen molar-refractivity contribution in [2.75, 3.05) is 6.61 Å². The summed E-state index contributed by atoms with van der Waals surface area (Å²) >= 11 is 1.58. The highest BCUT2D eigenvalue weighted by atomic mass is 32.1. The van der Waals surface area contributed by atoms with Crippen molar-refractivity contribution < 1.29 is 14.3 Å². The molecule has 2 aromatic rings. The first-order valence-corrected chi connectivity index (χ1v) is 10.0. The summed E-state index contributed by atoms with van der Waals surface area (Å²) in [5, 5.41) is 3.43. The number of fused-ring (bicyclic) bond motifs is 3. The number of nitrogens with zero attached hydrogens (tertiary/aromatic N) is 1. The molecule has 0 radical (unpaired) electrons. The molecule has 3 rings (SSSR count). The average Bonchev–Trinajstić information content (AvgIpc) is 2.95. The van der Waals surface area contributed by atoms with Crippen LogP contribution in [0.4, 0.5) is 0 Å². The molecule has 0 aliphatic heterocycles. The zero-order valence-corrected chi connectivity index (χ0v) is 16.8. The molecule has 1 amide bonds. The second kappa shape index (κ2) is 7.80. The molecule has 7 nitrogen and oxygen atoms in total. The predicted octanol–water partition coefficient (Wildman–Crippen LogP) is 2.25. The number of hydrogen-bond acceptors (Lipinski definition) is 6. The SMILES string of the molecule is CC(C)(C)NC(=O)COC(=O)CCc1nc2sc3c(c2c(=O)[nH]1)CCCC3. The Bertz CT molecular complexity index is 923. The molecule has 0 fully saturated rings. The Morgan fingerprint density at radius 3 is 2.74 bits per heavy atom. The first kappa shape index (κ1) is 19.5. The summed E-state index contributed by atoms with van der Waals surface area (Å²) in [6, 6.07) is 0. The van der Waals surface area contributed by atoms with E-state index in [2.05, 4.69) is 15.3 Å². The molecule has 8 heteroatoms. The van der Waals surface area contributed by atoms with Gasteiger partial charge in [0.2, 0.25) is 0 Å². The molecular formula is C19H25N3O4S. The number of amides is 1. The van der Waals surface area contributed by atoms with Crippen LogP contribution in [0.1, 0.15) is 56.3 Å². The van der Waals surface area contributed by atoms with Gasteiger partial charge in [-0.25, -0.2) is 4.98 Å². The van der Waals surface area contributed by atoms with Gasteiger partial charge in [0.15, 0.2) is 6.61 Å². The summed E-state index contributed by atoms with van der Waals surface area (Å²) in [5.74, 6) is -0.359. The average molecular weight is 391 g/mol. The molecule has 0 saturated heterocycles. The number of aryl methyl sites for hydroxylation is 3. The maximum Gasteiger partial charge on any atom is 0.306 e. The lowest BCUT2D eigenvalue weighted by Gasteiger charge is -2.20. The van der Waals surface area contributed by atoms with Crippen LogP contribution < -0.4 is 10.9 Å². The van der Waals surface area contributed by atoms with Gasteiger partial charge in [-0.15, -0.1) is 11.3 Å². The molecule has 2 heterocycles. The zero-order valence-electron chi connectivity index (χ0n) is 15.9. The number of nitrogens with one attached hydrogen (secondary N) is 2. The van der Waals surface area contributed by atoms with Crippen molar-refractivity contribution in [1.29, 1.82) is 0 Å². The van der Waals surface area contributed by atoms with E-state index in [1.54, 1.807) is 11.3 Å². The highest BCUT2D eigenvalue weighted by Gasteiger charge is 2.20. The number of hydrogen-bond donors (Lipinski definition) is 2. The van der Waals surface area contributed by atoms with E-state index in [0.29, 0.717) is 11.2 Å². The molecule has 0 saturated carbocycles. The Hall–Kier alpha value is -2.22. The Morgan fingerprint density at radius 1 is 1.26 bits per heavy atom. The first-order chi connectivity index (χ1) is 12.7. The lowest BCUT2D eigenvalue weighted by Crippen LogP contribution is -2.42. The molecule has 0 unspecified atom stereocenters. The maximum absolute atomic E-state index is 12.5. The third kappa shape index (κ3) is 4.94. The van der Waals surface area contributed by atoms with Gasteiger partial charge >= 0.3 is 5.97 Å². The fraction of sp³-hybridized carbons (Fsp3) is 0.579. The van der Waals surface area contributed by atoms with Gasteiger partial charge in [0, 0.05) is 16.8 Å². The van der Waals surface area contributed by atoms with Gasteiger partial charge in [-0.1, -0.05) is 0 Å². The van der Waals surface area contributed by atoms with Crippen LogP contribution in [0.15, 0.2) is 4.79 Å². The molecule has 0 spiro atoms. The summed E-state index contributed by atoms with van der Waals surface area (Å²) in [7, 11) is 0. The van der Waals surface area contributed by atoms with E-state index in [-0.39, 0.29) is 36.5 Å². The second-order valence-corrected chi connectivity index (χ2v) is 8.95. The van der Waals surface area contributed by atoms with Gasteiger partial charge < -0.3 is 15.0 Å². The Morgan fingerprint density at radius 2 is 2.00 bits per heavy atom. The third-order valence-electron chi connectivity index (χ3n) is 4.32. The van der Waals surface area contributed by atoms with Crippen LogP contribution in [-0.4, -0.2) is 34.0 Å². The summed E-state index contributed by atoms with van der Waals surface area (Å²) in [5.41, 5.74) is 0.639. The number of aromatic amines is 1. The van der Waals surface area contributed by atoms with Gasteiger partial charge in [0.1, 0.15) is 10.7 Å². The topological polar surface area (TPSA) is 101 Å². The minimum atomic E-state index is -0.493. The maximum atomic E-state index is 12.5. The fourth-order valence-electron chi connectivity index (χ4n) is 3.22. The van der Waals surface area contributed by atoms with E-state index in [1.807, 2.05) is 20.8 Å². The van der Waals surface area contributed by atoms with Gasteiger partial charge in [-0.2, -0.15) is 0 Å². The second-order valence-electron chi connectivity index (χ2n) is 7.86. The fourth-order valence-corrected chi connectivity index (χ4v) is 4.50. The van der Waals surface area contributed by atoms with E-state index in [1.165, 1.54) is 4.88 Å². The van der Waals surface area contributed by atoms with Crippen molar-refractivity contribution in [3.63, 3.8) is 0 Å². The molecule has 0 atom stereocenters. The number of rotatable bonds is 5. The summed E-state index contributed by atoms with van der Waals surface area (Å²) in [6.07, 6.45) is 4.53. The quantitative estimate of drug-likeness (QED) is 0.762. The number of ether oxygens (including phenoxy) is 1. The van der Waals surface area contributed by atoms with Crippen LogP contribution in [0, 0.1) is 0 Å². The molecule has 146 valence electrons. The van der Waals surface area contributed by atoms with E-state index in [9.17, 15) is 14.4 Å². The van der Waals surface area contributed by atoms with Crippen molar-refractivity contribution >= 4 is 33.4 Å². The Kier molecular flexibility index (Phi) is 5.64. The number of carbonyl (C=O) groups excluding carboxylic acids is 2. The number of aromatic nitrogens is 2. The lowest BCUT2D eigenvalue weighted by atomic mass is 9.97. The third-order valence-corrected chi connectivity index (χ3v) is 5.50. The van der Waals surface area contributed by atoms with E-state index < -0.39 is 5.97 Å². The van der Waals surface area contributed by atoms with Crippen LogP contribution in [0.25, 0.3) is 10.2 Å². The standard InChI is InChI=1S/C19H25N3O4S/c1-19(2,3)22-14(23)10-26-15(24)9-8-13-20-17(25)16-11-6-4-5-7-12(11)27-18(16)21-13/h4-10H2,1-3H3,(H,22,23)(H,20,21,25). The molecule has 1 aliphatic rings. The highest BCUT2D eigenvalue weighted by molar-refractivity contribution is 7.18. The number of thiophene rings is 1. The van der Waals surface area contributed by atoms with Crippen LogP contribution >= 0.6 is 11.3 Å². The zero-order chi connectivity index (χ0) is 19.6. The minimum Gasteiger partial charge on any atom is -0.456 e. The van der Waals surface area contributed by atoms with Crippen LogP contribution in [0.2, 0.25) is 0 Å². The lowest BCUT2D eigenvalue weighted by molar-refractivity contribution is -0.148. The van der Waals surface area contributed by atoms with Gasteiger partial charge in [-0.3, -0.25) is 14.4 Å². The van der Waals surface area contributed by atoms with Gasteiger partial charge in [0.25, 0.3) is 11.5 Å². The predicted molar refractivity (Wildman–Crippen MR) is 104 cm³/mol. The van der Waals surface area contributed by atoms with E-state index in [0.717, 1.165) is 36.1 Å². The van der Waals surface area contributed by atoms with Gasteiger partial charge in [-0.05, 0) is 52.0 Å². The van der Waals surface area contributed by atoms with Crippen molar-refractivity contribution in [3.05, 3.63) is 26.6 Å². The van der Waals surface area contributed by atoms with Crippen LogP contribution in [0.3, 0.4) is 0 Å². The molecule has 2 N–H and O–H groups in total. The molecule has 27 heavy (non-hydrogen) atoms. The van der Waals surface area contributed by atoms with Crippen molar-refractivity contribution in [1.82, 2.24) is 15.3 Å². The normalized spacial score (nSPS) is 14.0. The number of esters is 1. The number of carbonyl (C=O) groups is 2. The molecule has 0 bridgehead atoms. The van der Waals surface area contributed by atoms with Crippen LogP contribution in [0.5, 0.6) is 0 Å². The molecule has 1 aliphatic carbocycles. The smallest absolute Gasteiger partial charge is 0.306 e. The number of H-pyrrole nitrogens is 1. The monoisotopic (exact) mass is 391 g/mol. The molecule has 2 aromatic heterocycles. The van der Waals surface area contributed by atoms with E-state index >= 15 is 0 Å². The van der Waals surface area contributed by atoms with Gasteiger partial charge in [0.05, 0.1) is 11.8 Å². The first-order valence-electron chi connectivity index (χ1n) is 9.23. The minimum absolute atomic E-state index is 0.0579. The summed E-state index contributed by atoms with van der Waals surface area (Å²) in [6.45, 7) is 5.25. The largest absolute Gasteiger partial charge is 0.456 e. The van der Waals surface area contributed by atoms with Crippen molar-refractivity contribution in [3.8, 4) is 0 Å². The highest BCUT2D eigenvalue weighted by Crippen LogP contribution is 2.33. The molecular weight excluding hydrogens is 366 g/mol. The van der Waals surface area contributed by atoms with Crippen molar-refractivity contribution in [2.24, 2.45) is 0 Å². The van der Waals surface area contributed by atoms with E-state index in [4.69, 9.17) is 4.74 Å². The Labute approximate surface area is 161 Å². The van der Waals surface area contributed by atoms with Crippen molar-refractivity contribution in [2.45, 2.75) is 64.8 Å². The Balaban J connectivity index is 1.60. The summed E-state index contributed by atoms with van der Waals surface area (Å²) < 4.78 is 4.99.